The SMILES string of the molecule is Cc1nn(C)c(C)c1C(=O)NCc1cccc(CN2CCOCC2)c1. The van der Waals surface area contributed by atoms with E-state index in [-0.39, 0.29) is 5.91 Å². The van der Waals surface area contributed by atoms with Crippen LogP contribution in [-0.4, -0.2) is 46.9 Å². The topological polar surface area (TPSA) is 59.4 Å². The van der Waals surface area contributed by atoms with Gasteiger partial charge in [-0.1, -0.05) is 24.3 Å². The van der Waals surface area contributed by atoms with Crippen LogP contribution in [0.5, 0.6) is 0 Å². The molecule has 0 bridgehead atoms. The minimum Gasteiger partial charge on any atom is -0.379 e. The molecule has 0 saturated carbocycles. The number of aromatic nitrogens is 2. The fourth-order valence-electron chi connectivity index (χ4n) is 3.23. The van der Waals surface area contributed by atoms with E-state index in [0.717, 1.165) is 49.8 Å². The van der Waals surface area contributed by atoms with E-state index in [2.05, 4.69) is 33.5 Å². The van der Waals surface area contributed by atoms with E-state index in [1.165, 1.54) is 5.56 Å². The van der Waals surface area contributed by atoms with Gasteiger partial charge >= 0.3 is 0 Å². The molecule has 0 atom stereocenters. The first-order valence-corrected chi connectivity index (χ1v) is 8.71. The Hall–Kier alpha value is -2.18. The van der Waals surface area contributed by atoms with Gasteiger partial charge in [-0.2, -0.15) is 5.10 Å². The van der Waals surface area contributed by atoms with Gasteiger partial charge in [0.05, 0.1) is 24.5 Å². The lowest BCUT2D eigenvalue weighted by atomic mass is 10.1. The van der Waals surface area contributed by atoms with Crippen LogP contribution in [0, 0.1) is 13.8 Å². The Morgan fingerprint density at radius 1 is 1.24 bits per heavy atom. The van der Waals surface area contributed by atoms with Crippen molar-refractivity contribution >= 4 is 5.91 Å². The van der Waals surface area contributed by atoms with E-state index < -0.39 is 0 Å². The third kappa shape index (κ3) is 4.27. The smallest absolute Gasteiger partial charge is 0.255 e. The van der Waals surface area contributed by atoms with Crippen LogP contribution >= 0.6 is 0 Å². The van der Waals surface area contributed by atoms with Crippen LogP contribution in [0.2, 0.25) is 0 Å². The molecule has 1 aromatic carbocycles. The summed E-state index contributed by atoms with van der Waals surface area (Å²) < 4.78 is 7.14. The van der Waals surface area contributed by atoms with Gasteiger partial charge in [0.1, 0.15) is 0 Å². The standard InChI is InChI=1S/C19H26N4O2/c1-14-18(15(2)22(3)21-14)19(24)20-12-16-5-4-6-17(11-16)13-23-7-9-25-10-8-23/h4-6,11H,7-10,12-13H2,1-3H3,(H,20,24). The Kier molecular flexibility index (Phi) is 5.50. The van der Waals surface area contributed by atoms with E-state index in [1.807, 2.05) is 27.0 Å². The molecule has 3 rings (SSSR count). The normalized spacial score (nSPS) is 15.3. The summed E-state index contributed by atoms with van der Waals surface area (Å²) in [5.41, 5.74) is 4.70. The van der Waals surface area contributed by atoms with Crippen LogP contribution in [0.25, 0.3) is 0 Å². The molecule has 2 heterocycles. The van der Waals surface area contributed by atoms with Crippen LogP contribution < -0.4 is 5.32 Å². The van der Waals surface area contributed by atoms with Crippen molar-refractivity contribution in [1.82, 2.24) is 20.0 Å². The molecule has 1 saturated heterocycles. The molecular weight excluding hydrogens is 316 g/mol. The van der Waals surface area contributed by atoms with E-state index in [1.54, 1.807) is 4.68 Å². The van der Waals surface area contributed by atoms with E-state index in [0.29, 0.717) is 12.1 Å². The number of ether oxygens (including phenoxy) is 1. The number of aryl methyl sites for hydroxylation is 2. The largest absolute Gasteiger partial charge is 0.379 e. The maximum absolute atomic E-state index is 12.5. The lowest BCUT2D eigenvalue weighted by Gasteiger charge is -2.26. The first kappa shape index (κ1) is 17.6. The van der Waals surface area contributed by atoms with Crippen LogP contribution in [-0.2, 0) is 24.9 Å². The number of carbonyl (C=O) groups is 1. The second-order valence-electron chi connectivity index (χ2n) is 6.56. The highest BCUT2D eigenvalue weighted by Gasteiger charge is 2.17. The summed E-state index contributed by atoms with van der Waals surface area (Å²) in [4.78, 5) is 14.9. The highest BCUT2D eigenvalue weighted by Crippen LogP contribution is 2.13. The Morgan fingerprint density at radius 3 is 2.64 bits per heavy atom. The molecule has 0 radical (unpaired) electrons. The first-order valence-electron chi connectivity index (χ1n) is 8.71. The van der Waals surface area contributed by atoms with Crippen molar-refractivity contribution in [3.8, 4) is 0 Å². The van der Waals surface area contributed by atoms with Crippen LogP contribution in [0.3, 0.4) is 0 Å². The van der Waals surface area contributed by atoms with Crippen molar-refractivity contribution in [2.24, 2.45) is 7.05 Å². The molecule has 25 heavy (non-hydrogen) atoms. The number of benzene rings is 1. The Labute approximate surface area is 148 Å². The maximum Gasteiger partial charge on any atom is 0.255 e. The Bertz CT molecular complexity index is 748. The van der Waals surface area contributed by atoms with Gasteiger partial charge in [0.15, 0.2) is 0 Å². The highest BCUT2D eigenvalue weighted by atomic mass is 16.5. The average Bonchev–Trinajstić information content (AvgIpc) is 2.86. The summed E-state index contributed by atoms with van der Waals surface area (Å²) in [6, 6.07) is 8.40. The monoisotopic (exact) mass is 342 g/mol. The van der Waals surface area contributed by atoms with Crippen molar-refractivity contribution in [3.05, 3.63) is 52.3 Å². The van der Waals surface area contributed by atoms with Gasteiger partial charge in [0, 0.05) is 38.9 Å². The summed E-state index contributed by atoms with van der Waals surface area (Å²) in [6.45, 7) is 8.78. The molecule has 1 aromatic heterocycles. The van der Waals surface area contributed by atoms with Gasteiger partial charge in [-0.15, -0.1) is 0 Å². The average molecular weight is 342 g/mol. The van der Waals surface area contributed by atoms with Gasteiger partial charge in [-0.05, 0) is 25.0 Å². The minimum absolute atomic E-state index is 0.0679. The predicted molar refractivity (Wildman–Crippen MR) is 96.4 cm³/mol. The van der Waals surface area contributed by atoms with Gasteiger partial charge in [-0.3, -0.25) is 14.4 Å². The molecule has 1 fully saturated rings. The zero-order valence-corrected chi connectivity index (χ0v) is 15.2. The number of hydrogen-bond acceptors (Lipinski definition) is 4. The summed E-state index contributed by atoms with van der Waals surface area (Å²) >= 11 is 0. The number of carbonyl (C=O) groups excluding carboxylic acids is 1. The lowest BCUT2D eigenvalue weighted by molar-refractivity contribution is 0.0342. The summed E-state index contributed by atoms with van der Waals surface area (Å²) in [5, 5.41) is 7.32. The first-order chi connectivity index (χ1) is 12.0. The second-order valence-corrected chi connectivity index (χ2v) is 6.56. The molecule has 1 amide bonds. The van der Waals surface area contributed by atoms with Crippen LogP contribution in [0.4, 0.5) is 0 Å². The zero-order chi connectivity index (χ0) is 17.8. The molecule has 0 aliphatic carbocycles. The van der Waals surface area contributed by atoms with Gasteiger partial charge < -0.3 is 10.1 Å². The molecule has 134 valence electrons. The third-order valence-corrected chi connectivity index (χ3v) is 4.69. The second kappa shape index (κ2) is 7.80. The molecule has 2 aromatic rings. The molecule has 6 nitrogen and oxygen atoms in total. The fourth-order valence-corrected chi connectivity index (χ4v) is 3.23. The number of rotatable bonds is 5. The van der Waals surface area contributed by atoms with Crippen molar-refractivity contribution in [2.45, 2.75) is 26.9 Å². The number of amides is 1. The quantitative estimate of drug-likeness (QED) is 0.900. The number of nitrogens with zero attached hydrogens (tertiary/aromatic N) is 3. The Balaban J connectivity index is 1.61. The van der Waals surface area contributed by atoms with Crippen molar-refractivity contribution in [3.63, 3.8) is 0 Å². The lowest BCUT2D eigenvalue weighted by Crippen LogP contribution is -2.35. The minimum atomic E-state index is -0.0679. The number of nitrogens with one attached hydrogen (secondary N) is 1. The molecule has 1 aliphatic rings. The molecule has 1 N–H and O–H groups in total. The third-order valence-electron chi connectivity index (χ3n) is 4.69. The van der Waals surface area contributed by atoms with Crippen LogP contribution in [0.15, 0.2) is 24.3 Å². The van der Waals surface area contributed by atoms with E-state index >= 15 is 0 Å². The molecular formula is C19H26N4O2. The number of morpholine rings is 1. The summed E-state index contributed by atoms with van der Waals surface area (Å²) in [6.07, 6.45) is 0. The van der Waals surface area contributed by atoms with E-state index in [9.17, 15) is 4.79 Å². The molecule has 6 heteroatoms. The van der Waals surface area contributed by atoms with Crippen LogP contribution in [0.1, 0.15) is 32.9 Å². The predicted octanol–water partition coefficient (Wildman–Crippen LogP) is 1.80. The van der Waals surface area contributed by atoms with E-state index in [4.69, 9.17) is 4.74 Å². The number of hydrogen-bond donors (Lipinski definition) is 1. The Morgan fingerprint density at radius 2 is 1.96 bits per heavy atom. The van der Waals surface area contributed by atoms with Crippen molar-refractivity contribution in [2.75, 3.05) is 26.3 Å². The molecule has 1 aliphatic heterocycles. The van der Waals surface area contributed by atoms with Gasteiger partial charge in [0.2, 0.25) is 0 Å². The highest BCUT2D eigenvalue weighted by molar-refractivity contribution is 5.96. The molecule has 0 spiro atoms. The molecule has 0 unspecified atom stereocenters. The summed E-state index contributed by atoms with van der Waals surface area (Å²) in [5.74, 6) is -0.0679. The maximum atomic E-state index is 12.5. The van der Waals surface area contributed by atoms with Crippen molar-refractivity contribution in [1.29, 1.82) is 0 Å². The summed E-state index contributed by atoms with van der Waals surface area (Å²) in [7, 11) is 1.86. The van der Waals surface area contributed by atoms with Crippen molar-refractivity contribution < 1.29 is 9.53 Å². The van der Waals surface area contributed by atoms with Gasteiger partial charge in [-0.25, -0.2) is 0 Å². The fraction of sp³-hybridized carbons (Fsp3) is 0.474. The zero-order valence-electron chi connectivity index (χ0n) is 15.2. The van der Waals surface area contributed by atoms with Gasteiger partial charge in [0.25, 0.3) is 5.91 Å².